The second-order valence-electron chi connectivity index (χ2n) is 11.4. The van der Waals surface area contributed by atoms with Crippen LogP contribution in [0.15, 0.2) is 35.3 Å². The molecule has 5 heteroatoms. The highest BCUT2D eigenvalue weighted by Gasteiger charge is 2.28. The zero-order chi connectivity index (χ0) is 22.8. The van der Waals surface area contributed by atoms with E-state index in [2.05, 4.69) is 82.8 Å². The van der Waals surface area contributed by atoms with Crippen LogP contribution in [0.1, 0.15) is 72.1 Å². The van der Waals surface area contributed by atoms with Crippen molar-refractivity contribution in [1.82, 2.24) is 15.3 Å². The molecule has 5 nitrogen and oxygen atoms in total. The lowest BCUT2D eigenvalue weighted by molar-refractivity contribution is 0.468. The van der Waals surface area contributed by atoms with E-state index < -0.39 is 0 Å². The van der Waals surface area contributed by atoms with Crippen LogP contribution in [0.5, 0.6) is 5.75 Å². The molecule has 2 aromatic carbocycles. The number of benzene rings is 2. The van der Waals surface area contributed by atoms with Crippen molar-refractivity contribution >= 4 is 16.9 Å². The van der Waals surface area contributed by atoms with Crippen LogP contribution in [0.3, 0.4) is 0 Å². The fourth-order valence-corrected chi connectivity index (χ4v) is 4.02. The molecule has 1 aliphatic heterocycles. The van der Waals surface area contributed by atoms with Crippen molar-refractivity contribution in [1.29, 1.82) is 0 Å². The number of aromatic hydroxyl groups is 1. The number of aromatic amines is 1. The number of fused-ring (bicyclic) bond motifs is 1. The van der Waals surface area contributed by atoms with Gasteiger partial charge in [0.2, 0.25) is 0 Å². The Morgan fingerprint density at radius 3 is 2.26 bits per heavy atom. The molecule has 2 heterocycles. The van der Waals surface area contributed by atoms with Gasteiger partial charge in [0, 0.05) is 5.56 Å². The lowest BCUT2D eigenvalue weighted by Gasteiger charge is -2.27. The Hall–Kier alpha value is -2.82. The van der Waals surface area contributed by atoms with Crippen molar-refractivity contribution in [3.05, 3.63) is 47.0 Å². The smallest absolute Gasteiger partial charge is 0.142 e. The Morgan fingerprint density at radius 2 is 1.68 bits per heavy atom. The van der Waals surface area contributed by atoms with Crippen LogP contribution in [-0.4, -0.2) is 33.0 Å². The van der Waals surface area contributed by atoms with Crippen LogP contribution in [0.25, 0.3) is 22.4 Å². The van der Waals surface area contributed by atoms with E-state index >= 15 is 0 Å². The van der Waals surface area contributed by atoms with Crippen molar-refractivity contribution in [2.24, 2.45) is 4.99 Å². The van der Waals surface area contributed by atoms with Gasteiger partial charge in [-0.2, -0.15) is 0 Å². The van der Waals surface area contributed by atoms with Crippen LogP contribution in [0.4, 0.5) is 0 Å². The molecule has 0 bridgehead atoms. The molecule has 0 saturated heterocycles. The number of aromatic nitrogens is 2. The minimum Gasteiger partial charge on any atom is -0.507 e. The number of phenols is 1. The van der Waals surface area contributed by atoms with Crippen LogP contribution in [0, 0.1) is 0 Å². The summed E-state index contributed by atoms with van der Waals surface area (Å²) < 4.78 is 0. The first-order valence-corrected chi connectivity index (χ1v) is 11.0. The molecule has 0 aliphatic carbocycles. The summed E-state index contributed by atoms with van der Waals surface area (Å²) in [7, 11) is 0. The van der Waals surface area contributed by atoms with Gasteiger partial charge in [0.1, 0.15) is 17.4 Å². The number of hydrogen-bond acceptors (Lipinski definition) is 4. The fraction of sp³-hybridized carbons (Fsp3) is 0.462. The van der Waals surface area contributed by atoms with Gasteiger partial charge in [-0.15, -0.1) is 0 Å². The lowest BCUT2D eigenvalue weighted by atomic mass is 9.78. The first-order chi connectivity index (χ1) is 14.2. The molecule has 0 amide bonds. The molecule has 3 aromatic rings. The largest absolute Gasteiger partial charge is 0.507 e. The molecule has 3 N–H and O–H groups in total. The average Bonchev–Trinajstić information content (AvgIpc) is 3.21. The van der Waals surface area contributed by atoms with E-state index in [1.165, 1.54) is 0 Å². The third kappa shape index (κ3) is 4.06. The molecular weight excluding hydrogens is 384 g/mol. The van der Waals surface area contributed by atoms with Gasteiger partial charge < -0.3 is 15.4 Å². The van der Waals surface area contributed by atoms with Crippen molar-refractivity contribution in [2.75, 3.05) is 6.54 Å². The summed E-state index contributed by atoms with van der Waals surface area (Å²) in [5.74, 6) is 1.87. The van der Waals surface area contributed by atoms with Crippen LogP contribution >= 0.6 is 0 Å². The first kappa shape index (κ1) is 21.4. The number of H-pyrrole nitrogens is 1. The summed E-state index contributed by atoms with van der Waals surface area (Å²) in [6.07, 6.45) is 0. The molecule has 0 saturated carbocycles. The maximum absolute atomic E-state index is 11.1. The summed E-state index contributed by atoms with van der Waals surface area (Å²) in [6.45, 7) is 18.1. The van der Waals surface area contributed by atoms with Gasteiger partial charge in [-0.25, -0.2) is 4.98 Å². The maximum atomic E-state index is 11.1. The standard InChI is InChI=1S/C26H34N4O/c1-24(2,3)16-12-17(25(4,5)6)21(20(31)13-16)23-28-18-10-9-15(11-19(18)29-23)22-27-14-26(7,8)30-22/h9-13,31H,14H2,1-8H3,(H,27,30)(H,28,29). The molecule has 164 valence electrons. The van der Waals surface area contributed by atoms with Crippen LogP contribution in [-0.2, 0) is 10.8 Å². The van der Waals surface area contributed by atoms with Gasteiger partial charge >= 0.3 is 0 Å². The van der Waals surface area contributed by atoms with E-state index in [0.29, 0.717) is 5.82 Å². The van der Waals surface area contributed by atoms with Gasteiger partial charge in [0.25, 0.3) is 0 Å². The second kappa shape index (κ2) is 6.84. The highest BCUT2D eigenvalue weighted by molar-refractivity contribution is 6.02. The van der Waals surface area contributed by atoms with Gasteiger partial charge in [-0.1, -0.05) is 47.6 Å². The molecule has 0 unspecified atom stereocenters. The normalized spacial score (nSPS) is 16.5. The van der Waals surface area contributed by atoms with E-state index in [4.69, 9.17) is 4.98 Å². The predicted octanol–water partition coefficient (Wildman–Crippen LogP) is 5.66. The van der Waals surface area contributed by atoms with Crippen molar-refractivity contribution in [3.63, 3.8) is 0 Å². The quantitative estimate of drug-likeness (QED) is 0.503. The highest BCUT2D eigenvalue weighted by atomic mass is 16.3. The summed E-state index contributed by atoms with van der Waals surface area (Å²) in [5, 5.41) is 14.6. The predicted molar refractivity (Wildman–Crippen MR) is 129 cm³/mol. The van der Waals surface area contributed by atoms with Gasteiger partial charge in [0.05, 0.1) is 28.7 Å². The molecule has 1 aliphatic rings. The van der Waals surface area contributed by atoms with E-state index in [1.54, 1.807) is 0 Å². The van der Waals surface area contributed by atoms with E-state index in [9.17, 15) is 5.11 Å². The van der Waals surface area contributed by atoms with E-state index in [-0.39, 0.29) is 22.1 Å². The molecule has 31 heavy (non-hydrogen) atoms. The Kier molecular flexibility index (Phi) is 4.73. The average molecular weight is 419 g/mol. The second-order valence-corrected chi connectivity index (χ2v) is 11.4. The number of imidazole rings is 1. The van der Waals surface area contributed by atoms with E-state index in [0.717, 1.165) is 45.7 Å². The highest BCUT2D eigenvalue weighted by Crippen LogP contribution is 2.41. The van der Waals surface area contributed by atoms with E-state index in [1.807, 2.05) is 18.2 Å². The number of nitrogens with one attached hydrogen (secondary N) is 2. The third-order valence-corrected chi connectivity index (χ3v) is 5.87. The summed E-state index contributed by atoms with van der Waals surface area (Å²) in [5.41, 5.74) is 5.59. The zero-order valence-electron chi connectivity index (χ0n) is 19.9. The molecular formula is C26H34N4O. The first-order valence-electron chi connectivity index (χ1n) is 11.0. The topological polar surface area (TPSA) is 73.3 Å². The maximum Gasteiger partial charge on any atom is 0.142 e. The summed E-state index contributed by atoms with van der Waals surface area (Å²) in [4.78, 5) is 12.9. The van der Waals surface area contributed by atoms with Crippen molar-refractivity contribution < 1.29 is 5.11 Å². The number of phenolic OH excluding ortho intramolecular Hbond substituents is 1. The number of rotatable bonds is 2. The monoisotopic (exact) mass is 418 g/mol. The van der Waals surface area contributed by atoms with Crippen molar-refractivity contribution in [3.8, 4) is 17.1 Å². The molecule has 0 spiro atoms. The molecule has 4 rings (SSSR count). The Balaban J connectivity index is 1.84. The SMILES string of the molecule is CC1(C)CN=C(c2ccc3nc(-c4c(O)cc(C(C)(C)C)cc4C(C)(C)C)[nH]c3c2)N1. The fourth-order valence-electron chi connectivity index (χ4n) is 4.02. The molecule has 0 atom stereocenters. The number of aliphatic imine (C=N–C) groups is 1. The number of hydrogen-bond donors (Lipinski definition) is 3. The molecule has 0 radical (unpaired) electrons. The van der Waals surface area contributed by atoms with Gasteiger partial charge in [-0.3, -0.25) is 4.99 Å². The summed E-state index contributed by atoms with van der Waals surface area (Å²) >= 11 is 0. The Labute approximate surface area is 185 Å². The minimum atomic E-state index is -0.147. The minimum absolute atomic E-state index is 0.0222. The van der Waals surface area contributed by atoms with Crippen LogP contribution in [0.2, 0.25) is 0 Å². The zero-order valence-corrected chi connectivity index (χ0v) is 19.9. The van der Waals surface area contributed by atoms with Gasteiger partial charge in [-0.05, 0) is 60.1 Å². The lowest BCUT2D eigenvalue weighted by Crippen LogP contribution is -2.39. The van der Waals surface area contributed by atoms with Crippen molar-refractivity contribution in [2.45, 2.75) is 71.8 Å². The Bertz CT molecular complexity index is 1190. The van der Waals surface area contributed by atoms with Crippen LogP contribution < -0.4 is 5.32 Å². The number of nitrogens with zero attached hydrogens (tertiary/aromatic N) is 2. The molecule has 0 fully saturated rings. The third-order valence-electron chi connectivity index (χ3n) is 5.87. The number of amidine groups is 1. The summed E-state index contributed by atoms with van der Waals surface area (Å²) in [6, 6.07) is 10.2. The molecule has 1 aromatic heterocycles. The van der Waals surface area contributed by atoms with Gasteiger partial charge in [0.15, 0.2) is 0 Å². The Morgan fingerprint density at radius 1 is 0.968 bits per heavy atom.